The van der Waals surface area contributed by atoms with Crippen LogP contribution in [-0.2, 0) is 0 Å². The van der Waals surface area contributed by atoms with Crippen LogP contribution in [0.5, 0.6) is 11.5 Å². The smallest absolute Gasteiger partial charge is 0.255 e. The zero-order valence-corrected chi connectivity index (χ0v) is 16.6. The van der Waals surface area contributed by atoms with Gasteiger partial charge in [0.1, 0.15) is 5.75 Å². The minimum absolute atomic E-state index is 0.322. The highest BCUT2D eigenvalue weighted by molar-refractivity contribution is 6.08. The molecule has 4 aromatic rings. The van der Waals surface area contributed by atoms with Gasteiger partial charge in [0.15, 0.2) is 5.75 Å². The van der Waals surface area contributed by atoms with Crippen molar-refractivity contribution in [3.8, 4) is 22.6 Å². The number of anilines is 1. The Kier molecular flexibility index (Phi) is 5.76. The van der Waals surface area contributed by atoms with Gasteiger partial charge in [-0.3, -0.25) is 9.59 Å². The fraction of sp³-hybridized carbons (Fsp3) is 0. The van der Waals surface area contributed by atoms with Crippen LogP contribution in [0.2, 0.25) is 0 Å². The molecule has 0 aliphatic carbocycles. The number of carbonyl (C=O) groups excluding carboxylic acids is 2. The number of para-hydroxylation sites is 3. The highest BCUT2D eigenvalue weighted by Crippen LogP contribution is 2.30. The molecule has 0 atom stereocenters. The Morgan fingerprint density at radius 3 is 2.10 bits per heavy atom. The third kappa shape index (κ3) is 4.62. The SMILES string of the molecule is NC(=O)c1ccc(C(=O)Nc2ccccc2Oc2ccccc2)cc1-c1ccccc1. The predicted octanol–water partition coefficient (Wildman–Crippen LogP) is 5.50. The van der Waals surface area contributed by atoms with E-state index in [1.165, 1.54) is 0 Å². The Morgan fingerprint density at radius 2 is 1.39 bits per heavy atom. The largest absolute Gasteiger partial charge is 0.455 e. The molecule has 0 radical (unpaired) electrons. The van der Waals surface area contributed by atoms with Crippen LogP contribution in [-0.4, -0.2) is 11.8 Å². The molecule has 4 aromatic carbocycles. The van der Waals surface area contributed by atoms with Gasteiger partial charge in [0.05, 0.1) is 5.69 Å². The lowest BCUT2D eigenvalue weighted by Crippen LogP contribution is -2.16. The van der Waals surface area contributed by atoms with Gasteiger partial charge in [-0.2, -0.15) is 0 Å². The first kappa shape index (κ1) is 19.9. The Bertz CT molecular complexity index is 1220. The van der Waals surface area contributed by atoms with Crippen LogP contribution >= 0.6 is 0 Å². The molecule has 0 unspecified atom stereocenters. The first-order chi connectivity index (χ1) is 15.1. The van der Waals surface area contributed by atoms with E-state index >= 15 is 0 Å². The van der Waals surface area contributed by atoms with Crippen molar-refractivity contribution in [1.29, 1.82) is 0 Å². The second-order valence-electron chi connectivity index (χ2n) is 6.86. The Balaban J connectivity index is 1.64. The predicted molar refractivity (Wildman–Crippen MR) is 121 cm³/mol. The number of amides is 2. The molecular formula is C26H20N2O3. The molecular weight excluding hydrogens is 388 g/mol. The number of carbonyl (C=O) groups is 2. The molecule has 0 fully saturated rings. The van der Waals surface area contributed by atoms with Crippen molar-refractivity contribution in [3.63, 3.8) is 0 Å². The minimum atomic E-state index is -0.549. The maximum absolute atomic E-state index is 13.0. The van der Waals surface area contributed by atoms with Gasteiger partial charge < -0.3 is 15.8 Å². The van der Waals surface area contributed by atoms with Crippen molar-refractivity contribution in [1.82, 2.24) is 0 Å². The highest BCUT2D eigenvalue weighted by atomic mass is 16.5. The summed E-state index contributed by atoms with van der Waals surface area (Å²) >= 11 is 0. The summed E-state index contributed by atoms with van der Waals surface area (Å²) in [5.41, 5.74) is 8.25. The molecule has 0 aliphatic heterocycles. The maximum Gasteiger partial charge on any atom is 0.255 e. The summed E-state index contributed by atoms with van der Waals surface area (Å²) in [5, 5.41) is 2.89. The van der Waals surface area contributed by atoms with E-state index in [4.69, 9.17) is 10.5 Å². The van der Waals surface area contributed by atoms with Gasteiger partial charge in [-0.25, -0.2) is 0 Å². The Hall–Kier alpha value is -4.38. The van der Waals surface area contributed by atoms with Crippen molar-refractivity contribution in [2.45, 2.75) is 0 Å². The van der Waals surface area contributed by atoms with Gasteiger partial charge in [-0.05, 0) is 53.6 Å². The third-order valence-electron chi connectivity index (χ3n) is 4.74. The molecule has 3 N–H and O–H groups in total. The highest BCUT2D eigenvalue weighted by Gasteiger charge is 2.15. The van der Waals surface area contributed by atoms with Crippen molar-refractivity contribution < 1.29 is 14.3 Å². The molecule has 0 saturated carbocycles. The van der Waals surface area contributed by atoms with Crippen molar-refractivity contribution in [2.75, 3.05) is 5.32 Å². The van der Waals surface area contributed by atoms with Crippen LogP contribution in [0.1, 0.15) is 20.7 Å². The fourth-order valence-corrected chi connectivity index (χ4v) is 3.23. The molecule has 0 aromatic heterocycles. The molecule has 5 nitrogen and oxygen atoms in total. The molecule has 0 spiro atoms. The van der Waals surface area contributed by atoms with Crippen molar-refractivity contribution >= 4 is 17.5 Å². The maximum atomic E-state index is 13.0. The molecule has 0 heterocycles. The number of primary amides is 1. The number of benzene rings is 4. The topological polar surface area (TPSA) is 81.4 Å². The van der Waals surface area contributed by atoms with Gasteiger partial charge in [0, 0.05) is 11.1 Å². The molecule has 31 heavy (non-hydrogen) atoms. The quantitative estimate of drug-likeness (QED) is 0.442. The number of rotatable bonds is 6. The van der Waals surface area contributed by atoms with E-state index < -0.39 is 5.91 Å². The van der Waals surface area contributed by atoms with Crippen molar-refractivity contribution in [3.05, 3.63) is 114 Å². The Labute approximate surface area is 180 Å². The van der Waals surface area contributed by atoms with Crippen LogP contribution in [0.3, 0.4) is 0 Å². The van der Waals surface area contributed by atoms with E-state index in [0.717, 1.165) is 5.56 Å². The van der Waals surface area contributed by atoms with Crippen LogP contribution < -0.4 is 15.8 Å². The van der Waals surface area contributed by atoms with E-state index in [-0.39, 0.29) is 5.91 Å². The summed E-state index contributed by atoms with van der Waals surface area (Å²) in [5.74, 6) is 0.324. The zero-order valence-electron chi connectivity index (χ0n) is 16.6. The van der Waals surface area contributed by atoms with Crippen LogP contribution in [0, 0.1) is 0 Å². The number of ether oxygens (including phenoxy) is 1. The third-order valence-corrected chi connectivity index (χ3v) is 4.74. The van der Waals surface area contributed by atoms with Gasteiger partial charge in [0.25, 0.3) is 5.91 Å². The summed E-state index contributed by atoms with van der Waals surface area (Å²) in [6, 6.07) is 30.7. The molecule has 2 amide bonds. The average Bonchev–Trinajstić information content (AvgIpc) is 2.81. The lowest BCUT2D eigenvalue weighted by Gasteiger charge is -2.13. The number of hydrogen-bond donors (Lipinski definition) is 2. The summed E-state index contributed by atoms with van der Waals surface area (Å²) in [6.07, 6.45) is 0. The number of hydrogen-bond acceptors (Lipinski definition) is 3. The molecule has 0 aliphatic rings. The van der Waals surface area contributed by atoms with Crippen LogP contribution in [0.15, 0.2) is 103 Å². The van der Waals surface area contributed by atoms with E-state index in [2.05, 4.69) is 5.32 Å². The number of nitrogens with one attached hydrogen (secondary N) is 1. The number of nitrogens with two attached hydrogens (primary N) is 1. The zero-order chi connectivity index (χ0) is 21.6. The Morgan fingerprint density at radius 1 is 0.742 bits per heavy atom. The van der Waals surface area contributed by atoms with E-state index in [1.54, 1.807) is 30.3 Å². The minimum Gasteiger partial charge on any atom is -0.455 e. The fourth-order valence-electron chi connectivity index (χ4n) is 3.23. The summed E-state index contributed by atoms with van der Waals surface area (Å²) in [7, 11) is 0. The first-order valence-electron chi connectivity index (χ1n) is 9.74. The lowest BCUT2D eigenvalue weighted by molar-refractivity contribution is 0.0996. The van der Waals surface area contributed by atoms with E-state index in [1.807, 2.05) is 72.8 Å². The summed E-state index contributed by atoms with van der Waals surface area (Å²) in [6.45, 7) is 0. The van der Waals surface area contributed by atoms with Gasteiger partial charge in [-0.1, -0.05) is 60.7 Å². The lowest BCUT2D eigenvalue weighted by atomic mass is 9.96. The molecule has 0 saturated heterocycles. The first-order valence-corrected chi connectivity index (χ1v) is 9.74. The second-order valence-corrected chi connectivity index (χ2v) is 6.86. The van der Waals surface area contributed by atoms with Crippen LogP contribution in [0.4, 0.5) is 5.69 Å². The van der Waals surface area contributed by atoms with Gasteiger partial charge in [0.2, 0.25) is 5.91 Å². The van der Waals surface area contributed by atoms with Gasteiger partial charge >= 0.3 is 0 Å². The van der Waals surface area contributed by atoms with E-state index in [0.29, 0.717) is 33.9 Å². The summed E-state index contributed by atoms with van der Waals surface area (Å²) in [4.78, 5) is 24.9. The molecule has 4 rings (SSSR count). The van der Waals surface area contributed by atoms with E-state index in [9.17, 15) is 9.59 Å². The molecule has 0 bridgehead atoms. The molecule has 5 heteroatoms. The summed E-state index contributed by atoms with van der Waals surface area (Å²) < 4.78 is 5.91. The van der Waals surface area contributed by atoms with Crippen molar-refractivity contribution in [2.24, 2.45) is 5.73 Å². The second kappa shape index (κ2) is 8.97. The standard InChI is InChI=1S/C26H20N2O3/c27-25(29)21-16-15-19(17-22(21)18-9-3-1-4-10-18)26(30)28-23-13-7-8-14-24(23)31-20-11-5-2-6-12-20/h1-17H,(H2,27,29)(H,28,30). The van der Waals surface area contributed by atoms with Gasteiger partial charge in [-0.15, -0.1) is 0 Å². The molecule has 152 valence electrons. The normalized spacial score (nSPS) is 10.3. The monoisotopic (exact) mass is 408 g/mol. The average molecular weight is 408 g/mol. The van der Waals surface area contributed by atoms with Crippen LogP contribution in [0.25, 0.3) is 11.1 Å².